The van der Waals surface area contributed by atoms with Crippen molar-refractivity contribution in [2.24, 2.45) is 0 Å². The number of rotatable bonds is 7. The molecule has 1 heterocycles. The normalized spacial score (nSPS) is 16.7. The molecule has 144 valence electrons. The lowest BCUT2D eigenvalue weighted by Crippen LogP contribution is -2.16. The molecular formula is C19H22N2O5S. The largest absolute Gasteiger partial charge is 0.491 e. The minimum absolute atomic E-state index is 0.146. The maximum absolute atomic E-state index is 12.3. The van der Waals surface area contributed by atoms with Crippen LogP contribution < -0.4 is 14.8 Å². The number of ether oxygens (including phenoxy) is 2. The van der Waals surface area contributed by atoms with E-state index in [1.165, 1.54) is 0 Å². The zero-order valence-corrected chi connectivity index (χ0v) is 15.8. The molecule has 0 aliphatic carbocycles. The van der Waals surface area contributed by atoms with Gasteiger partial charge in [0.2, 0.25) is 10.0 Å². The van der Waals surface area contributed by atoms with Gasteiger partial charge in [-0.2, -0.15) is 0 Å². The third kappa shape index (κ3) is 5.97. The van der Waals surface area contributed by atoms with Gasteiger partial charge in [0.25, 0.3) is 5.91 Å². The van der Waals surface area contributed by atoms with Crippen LogP contribution in [-0.2, 0) is 14.8 Å². The Labute approximate surface area is 158 Å². The van der Waals surface area contributed by atoms with Crippen LogP contribution in [0.1, 0.15) is 23.2 Å². The van der Waals surface area contributed by atoms with Gasteiger partial charge in [-0.1, -0.05) is 0 Å². The van der Waals surface area contributed by atoms with E-state index in [1.54, 1.807) is 48.5 Å². The molecule has 0 bridgehead atoms. The SMILES string of the molecule is CS(=O)(=O)Nc1ccc(NC(=O)c2ccc(OC[C@H]3CCCO3)cc2)cc1. The Morgan fingerprint density at radius 2 is 1.78 bits per heavy atom. The number of sulfonamides is 1. The first kappa shape index (κ1) is 19.2. The summed E-state index contributed by atoms with van der Waals surface area (Å²) in [6.07, 6.45) is 3.31. The van der Waals surface area contributed by atoms with Crippen LogP contribution >= 0.6 is 0 Å². The molecule has 2 aromatic carbocycles. The van der Waals surface area contributed by atoms with Gasteiger partial charge in [0.1, 0.15) is 12.4 Å². The summed E-state index contributed by atoms with van der Waals surface area (Å²) in [7, 11) is -3.33. The van der Waals surface area contributed by atoms with E-state index in [1.807, 2.05) is 0 Å². The second kappa shape index (κ2) is 8.41. The van der Waals surface area contributed by atoms with Gasteiger partial charge in [-0.15, -0.1) is 0 Å². The third-order valence-corrected chi connectivity index (χ3v) is 4.63. The molecule has 1 saturated heterocycles. The van der Waals surface area contributed by atoms with Gasteiger partial charge in [0.05, 0.1) is 12.4 Å². The summed E-state index contributed by atoms with van der Waals surface area (Å²) in [5.74, 6) is 0.433. The van der Waals surface area contributed by atoms with Crippen LogP contribution in [0.5, 0.6) is 5.75 Å². The first-order valence-corrected chi connectivity index (χ1v) is 10.5. The minimum atomic E-state index is -3.33. The van der Waals surface area contributed by atoms with Crippen molar-refractivity contribution in [1.82, 2.24) is 0 Å². The average Bonchev–Trinajstić information content (AvgIpc) is 3.14. The summed E-state index contributed by atoms with van der Waals surface area (Å²) < 4.78 is 36.0. The molecule has 27 heavy (non-hydrogen) atoms. The van der Waals surface area contributed by atoms with Crippen LogP contribution in [0.25, 0.3) is 0 Å². The van der Waals surface area contributed by atoms with Crippen LogP contribution in [0, 0.1) is 0 Å². The molecular weight excluding hydrogens is 368 g/mol. The fourth-order valence-electron chi connectivity index (χ4n) is 2.71. The number of hydrogen-bond donors (Lipinski definition) is 2. The molecule has 3 rings (SSSR count). The monoisotopic (exact) mass is 390 g/mol. The summed E-state index contributed by atoms with van der Waals surface area (Å²) in [6.45, 7) is 1.30. The molecule has 2 aromatic rings. The highest BCUT2D eigenvalue weighted by atomic mass is 32.2. The molecule has 7 nitrogen and oxygen atoms in total. The number of benzene rings is 2. The van der Waals surface area contributed by atoms with E-state index in [2.05, 4.69) is 10.0 Å². The summed E-state index contributed by atoms with van der Waals surface area (Å²) in [5.41, 5.74) is 1.50. The predicted octanol–water partition coefficient (Wildman–Crippen LogP) is 2.87. The van der Waals surface area contributed by atoms with Gasteiger partial charge >= 0.3 is 0 Å². The lowest BCUT2D eigenvalue weighted by molar-refractivity contribution is 0.0679. The molecule has 1 atom stereocenters. The Kier molecular flexibility index (Phi) is 5.98. The van der Waals surface area contributed by atoms with Gasteiger partial charge in [0, 0.05) is 23.5 Å². The lowest BCUT2D eigenvalue weighted by atomic mass is 10.2. The fraction of sp³-hybridized carbons (Fsp3) is 0.316. The van der Waals surface area contributed by atoms with Crippen LogP contribution in [0.4, 0.5) is 11.4 Å². The molecule has 1 amide bonds. The van der Waals surface area contributed by atoms with Gasteiger partial charge in [-0.25, -0.2) is 8.42 Å². The van der Waals surface area contributed by atoms with E-state index in [9.17, 15) is 13.2 Å². The van der Waals surface area contributed by atoms with Gasteiger partial charge in [-0.05, 0) is 61.4 Å². The number of amides is 1. The maximum atomic E-state index is 12.3. The van der Waals surface area contributed by atoms with Crippen molar-refractivity contribution < 1.29 is 22.7 Å². The smallest absolute Gasteiger partial charge is 0.255 e. The highest BCUT2D eigenvalue weighted by molar-refractivity contribution is 7.92. The van der Waals surface area contributed by atoms with Crippen molar-refractivity contribution in [2.75, 3.05) is 29.5 Å². The maximum Gasteiger partial charge on any atom is 0.255 e. The molecule has 8 heteroatoms. The second-order valence-electron chi connectivity index (χ2n) is 6.38. The molecule has 1 aliphatic rings. The number of nitrogens with one attached hydrogen (secondary N) is 2. The molecule has 0 saturated carbocycles. The standard InChI is InChI=1S/C19H22N2O5S/c1-27(23,24)21-16-8-6-15(7-9-16)20-19(22)14-4-10-17(11-5-14)26-13-18-3-2-12-25-18/h4-11,18,21H,2-3,12-13H2,1H3,(H,20,22)/t18-/m1/s1. The van der Waals surface area contributed by atoms with Crippen LogP contribution in [0.3, 0.4) is 0 Å². The summed E-state index contributed by atoms with van der Waals surface area (Å²) in [6, 6.07) is 13.3. The predicted molar refractivity (Wildman–Crippen MR) is 104 cm³/mol. The Morgan fingerprint density at radius 3 is 2.37 bits per heavy atom. The number of carbonyl (C=O) groups excluding carboxylic acids is 1. The zero-order valence-electron chi connectivity index (χ0n) is 15.0. The van der Waals surface area contributed by atoms with Crippen molar-refractivity contribution in [3.05, 3.63) is 54.1 Å². The number of anilines is 2. The number of hydrogen-bond acceptors (Lipinski definition) is 5. The first-order valence-electron chi connectivity index (χ1n) is 8.63. The quantitative estimate of drug-likeness (QED) is 0.758. The van der Waals surface area contributed by atoms with E-state index >= 15 is 0 Å². The summed E-state index contributed by atoms with van der Waals surface area (Å²) in [4.78, 5) is 12.3. The Balaban J connectivity index is 1.54. The third-order valence-electron chi connectivity index (χ3n) is 4.02. The first-order chi connectivity index (χ1) is 12.9. The van der Waals surface area contributed by atoms with Crippen LogP contribution in [0.2, 0.25) is 0 Å². The van der Waals surface area contributed by atoms with Gasteiger partial charge < -0.3 is 14.8 Å². The van der Waals surface area contributed by atoms with Crippen molar-refractivity contribution in [1.29, 1.82) is 0 Å². The van der Waals surface area contributed by atoms with Crippen molar-refractivity contribution in [2.45, 2.75) is 18.9 Å². The fourth-order valence-corrected chi connectivity index (χ4v) is 3.27. The van der Waals surface area contributed by atoms with E-state index < -0.39 is 10.0 Å². The Bertz CT molecular complexity index is 873. The van der Waals surface area contributed by atoms with Gasteiger partial charge in [0.15, 0.2) is 0 Å². The highest BCUT2D eigenvalue weighted by Crippen LogP contribution is 2.18. The lowest BCUT2D eigenvalue weighted by Gasteiger charge is -2.12. The molecule has 0 aromatic heterocycles. The van der Waals surface area contributed by atoms with E-state index in [-0.39, 0.29) is 12.0 Å². The molecule has 0 unspecified atom stereocenters. The van der Waals surface area contributed by atoms with Gasteiger partial charge in [-0.3, -0.25) is 9.52 Å². The number of carbonyl (C=O) groups is 1. The van der Waals surface area contributed by atoms with Crippen molar-refractivity contribution >= 4 is 27.3 Å². The van der Waals surface area contributed by atoms with Crippen LogP contribution in [0.15, 0.2) is 48.5 Å². The van der Waals surface area contributed by atoms with E-state index in [4.69, 9.17) is 9.47 Å². The van der Waals surface area contributed by atoms with E-state index in [0.717, 1.165) is 25.7 Å². The van der Waals surface area contributed by atoms with Crippen LogP contribution in [-0.4, -0.2) is 39.9 Å². The van der Waals surface area contributed by atoms with Crippen molar-refractivity contribution in [3.63, 3.8) is 0 Å². The Hall–Kier alpha value is -2.58. The average molecular weight is 390 g/mol. The second-order valence-corrected chi connectivity index (χ2v) is 8.12. The van der Waals surface area contributed by atoms with E-state index in [0.29, 0.717) is 29.3 Å². The summed E-state index contributed by atoms with van der Waals surface area (Å²) >= 11 is 0. The molecule has 1 aliphatic heterocycles. The summed E-state index contributed by atoms with van der Waals surface area (Å²) in [5, 5.41) is 2.77. The topological polar surface area (TPSA) is 93.7 Å². The minimum Gasteiger partial charge on any atom is -0.491 e. The zero-order chi connectivity index (χ0) is 19.3. The molecule has 0 radical (unpaired) electrons. The van der Waals surface area contributed by atoms with Crippen molar-refractivity contribution in [3.8, 4) is 5.75 Å². The molecule has 2 N–H and O–H groups in total. The molecule has 0 spiro atoms. The molecule has 1 fully saturated rings. The highest BCUT2D eigenvalue weighted by Gasteiger charge is 2.16. The Morgan fingerprint density at radius 1 is 1.11 bits per heavy atom.